The molecule has 0 aliphatic carbocycles. The van der Waals surface area contributed by atoms with Crippen molar-refractivity contribution in [2.75, 3.05) is 13.1 Å². The van der Waals surface area contributed by atoms with Crippen LogP contribution in [0.1, 0.15) is 50.4 Å². The third-order valence-corrected chi connectivity index (χ3v) is 4.14. The van der Waals surface area contributed by atoms with Gasteiger partial charge in [-0.25, -0.2) is 0 Å². The lowest BCUT2D eigenvalue weighted by molar-refractivity contribution is -0.123. The molecule has 1 aromatic carbocycles. The van der Waals surface area contributed by atoms with Gasteiger partial charge in [-0.15, -0.1) is 0 Å². The number of hydrogen-bond donors (Lipinski definition) is 1. The number of piperidine rings is 1. The highest BCUT2D eigenvalue weighted by molar-refractivity contribution is 6.30. The molecule has 0 unspecified atom stereocenters. The van der Waals surface area contributed by atoms with Gasteiger partial charge in [0.25, 0.3) is 5.91 Å². The maximum absolute atomic E-state index is 12.4. The third kappa shape index (κ3) is 5.54. The summed E-state index contributed by atoms with van der Waals surface area (Å²) >= 11 is 5.94. The van der Waals surface area contributed by atoms with E-state index in [0.29, 0.717) is 30.1 Å². The van der Waals surface area contributed by atoms with Crippen LogP contribution in [0, 0.1) is 5.41 Å². The zero-order valence-corrected chi connectivity index (χ0v) is 14.8. The van der Waals surface area contributed by atoms with Crippen LogP contribution in [0.25, 0.3) is 0 Å². The summed E-state index contributed by atoms with van der Waals surface area (Å²) in [5, 5.41) is 3.66. The molecule has 5 heteroatoms. The molecular formula is C18H25ClN2O2. The van der Waals surface area contributed by atoms with E-state index in [1.165, 1.54) is 0 Å². The van der Waals surface area contributed by atoms with E-state index in [9.17, 15) is 9.59 Å². The van der Waals surface area contributed by atoms with Crippen molar-refractivity contribution >= 4 is 23.4 Å². The van der Waals surface area contributed by atoms with Gasteiger partial charge in [0.05, 0.1) is 0 Å². The minimum absolute atomic E-state index is 0.00645. The summed E-state index contributed by atoms with van der Waals surface area (Å²) in [5.74, 6) is 0.101. The molecule has 0 aromatic heterocycles. The highest BCUT2D eigenvalue weighted by Crippen LogP contribution is 2.20. The zero-order valence-electron chi connectivity index (χ0n) is 14.1. The van der Waals surface area contributed by atoms with Crippen molar-refractivity contribution in [1.82, 2.24) is 10.2 Å². The SMILES string of the molecule is CC(C)(C)CC(=O)NC1CCN(C(=O)c2cccc(Cl)c2)CC1. The lowest BCUT2D eigenvalue weighted by Crippen LogP contribution is -2.47. The monoisotopic (exact) mass is 336 g/mol. The Morgan fingerprint density at radius 2 is 1.91 bits per heavy atom. The quantitative estimate of drug-likeness (QED) is 0.918. The van der Waals surface area contributed by atoms with Crippen LogP contribution in [0.15, 0.2) is 24.3 Å². The average molecular weight is 337 g/mol. The summed E-state index contributed by atoms with van der Waals surface area (Å²) in [7, 11) is 0. The Kier molecular flexibility index (Phi) is 5.69. The van der Waals surface area contributed by atoms with E-state index in [1.807, 2.05) is 4.90 Å². The Balaban J connectivity index is 1.84. The van der Waals surface area contributed by atoms with Gasteiger partial charge >= 0.3 is 0 Å². The number of likely N-dealkylation sites (tertiary alicyclic amines) is 1. The summed E-state index contributed by atoms with van der Waals surface area (Å²) < 4.78 is 0. The molecule has 0 atom stereocenters. The normalized spacial score (nSPS) is 16.3. The van der Waals surface area contributed by atoms with E-state index in [2.05, 4.69) is 26.1 Å². The third-order valence-electron chi connectivity index (χ3n) is 3.91. The Morgan fingerprint density at radius 3 is 2.48 bits per heavy atom. The Hall–Kier alpha value is -1.55. The van der Waals surface area contributed by atoms with Gasteiger partial charge in [-0.1, -0.05) is 38.4 Å². The summed E-state index contributed by atoms with van der Waals surface area (Å²) in [6.45, 7) is 7.48. The Morgan fingerprint density at radius 1 is 1.26 bits per heavy atom. The summed E-state index contributed by atoms with van der Waals surface area (Å²) in [6, 6.07) is 7.19. The zero-order chi connectivity index (χ0) is 17.0. The molecule has 1 aliphatic rings. The minimum atomic E-state index is -0.00662. The van der Waals surface area contributed by atoms with Gasteiger partial charge in [-0.2, -0.15) is 0 Å². The van der Waals surface area contributed by atoms with Crippen LogP contribution in [-0.4, -0.2) is 35.8 Å². The fourth-order valence-corrected chi connectivity index (χ4v) is 2.98. The first-order chi connectivity index (χ1) is 10.7. The molecule has 1 fully saturated rings. The number of carbonyl (C=O) groups is 2. The van der Waals surface area contributed by atoms with Crippen molar-refractivity contribution in [3.8, 4) is 0 Å². The van der Waals surface area contributed by atoms with Crippen molar-refractivity contribution in [1.29, 1.82) is 0 Å². The first kappa shape index (κ1) is 17.8. The van der Waals surface area contributed by atoms with Crippen LogP contribution in [0.4, 0.5) is 0 Å². The van der Waals surface area contributed by atoms with Crippen molar-refractivity contribution in [2.45, 2.75) is 46.1 Å². The fourth-order valence-electron chi connectivity index (χ4n) is 2.79. The summed E-state index contributed by atoms with van der Waals surface area (Å²) in [4.78, 5) is 26.3. The molecule has 0 saturated carbocycles. The van der Waals surface area contributed by atoms with E-state index in [4.69, 9.17) is 11.6 Å². The Bertz CT molecular complexity index is 573. The molecule has 2 rings (SSSR count). The topological polar surface area (TPSA) is 49.4 Å². The largest absolute Gasteiger partial charge is 0.353 e. The van der Waals surface area contributed by atoms with Gasteiger partial charge < -0.3 is 10.2 Å². The molecule has 1 aromatic rings. The predicted molar refractivity (Wildman–Crippen MR) is 92.6 cm³/mol. The van der Waals surface area contributed by atoms with E-state index in [1.54, 1.807) is 24.3 Å². The van der Waals surface area contributed by atoms with Crippen LogP contribution in [-0.2, 0) is 4.79 Å². The van der Waals surface area contributed by atoms with Crippen LogP contribution >= 0.6 is 11.6 Å². The number of carbonyl (C=O) groups excluding carboxylic acids is 2. The lowest BCUT2D eigenvalue weighted by atomic mass is 9.91. The van der Waals surface area contributed by atoms with Crippen LogP contribution in [0.2, 0.25) is 5.02 Å². The van der Waals surface area contributed by atoms with Crippen molar-refractivity contribution in [2.24, 2.45) is 5.41 Å². The summed E-state index contributed by atoms with van der Waals surface area (Å²) in [6.07, 6.45) is 2.11. The molecule has 1 saturated heterocycles. The van der Waals surface area contributed by atoms with E-state index in [0.717, 1.165) is 12.8 Å². The van der Waals surface area contributed by atoms with Gasteiger partial charge in [0, 0.05) is 36.1 Å². The molecular weight excluding hydrogens is 312 g/mol. The average Bonchev–Trinajstić information content (AvgIpc) is 2.45. The highest BCUT2D eigenvalue weighted by atomic mass is 35.5. The maximum Gasteiger partial charge on any atom is 0.253 e. The van der Waals surface area contributed by atoms with E-state index < -0.39 is 0 Å². The molecule has 0 radical (unpaired) electrons. The number of hydrogen-bond acceptors (Lipinski definition) is 2. The molecule has 0 bridgehead atoms. The molecule has 126 valence electrons. The molecule has 0 spiro atoms. The first-order valence-corrected chi connectivity index (χ1v) is 8.46. The number of nitrogens with zero attached hydrogens (tertiary/aromatic N) is 1. The number of amides is 2. The second-order valence-electron chi connectivity index (χ2n) is 7.38. The molecule has 23 heavy (non-hydrogen) atoms. The highest BCUT2D eigenvalue weighted by Gasteiger charge is 2.25. The number of halogens is 1. The van der Waals surface area contributed by atoms with Gasteiger partial charge in [-0.3, -0.25) is 9.59 Å². The molecule has 1 N–H and O–H groups in total. The second-order valence-corrected chi connectivity index (χ2v) is 7.82. The van der Waals surface area contributed by atoms with Crippen molar-refractivity contribution < 1.29 is 9.59 Å². The molecule has 4 nitrogen and oxygen atoms in total. The van der Waals surface area contributed by atoms with Crippen LogP contribution < -0.4 is 5.32 Å². The minimum Gasteiger partial charge on any atom is -0.353 e. The first-order valence-electron chi connectivity index (χ1n) is 8.09. The molecule has 1 aliphatic heterocycles. The van der Waals surface area contributed by atoms with Gasteiger partial charge in [-0.05, 0) is 36.5 Å². The van der Waals surface area contributed by atoms with E-state index >= 15 is 0 Å². The van der Waals surface area contributed by atoms with Gasteiger partial charge in [0.1, 0.15) is 0 Å². The fraction of sp³-hybridized carbons (Fsp3) is 0.556. The number of nitrogens with one attached hydrogen (secondary N) is 1. The lowest BCUT2D eigenvalue weighted by Gasteiger charge is -2.33. The standard InChI is InChI=1S/C18H25ClN2O2/c1-18(2,3)12-16(22)20-15-7-9-21(10-8-15)17(23)13-5-4-6-14(19)11-13/h4-6,11,15H,7-10,12H2,1-3H3,(H,20,22). The van der Waals surface area contributed by atoms with Gasteiger partial charge in [0.2, 0.25) is 5.91 Å². The second kappa shape index (κ2) is 7.35. The molecule has 2 amide bonds. The maximum atomic E-state index is 12.4. The van der Waals surface area contributed by atoms with Crippen molar-refractivity contribution in [3.63, 3.8) is 0 Å². The summed E-state index contributed by atoms with van der Waals surface area (Å²) in [5.41, 5.74) is 0.612. The van der Waals surface area contributed by atoms with Crippen molar-refractivity contribution in [3.05, 3.63) is 34.9 Å². The van der Waals surface area contributed by atoms with Gasteiger partial charge in [0.15, 0.2) is 0 Å². The number of benzene rings is 1. The number of rotatable bonds is 3. The predicted octanol–water partition coefficient (Wildman–Crippen LogP) is 3.50. The Labute approximate surface area is 143 Å². The van der Waals surface area contributed by atoms with Crippen LogP contribution in [0.5, 0.6) is 0 Å². The van der Waals surface area contributed by atoms with E-state index in [-0.39, 0.29) is 23.3 Å². The molecule has 1 heterocycles. The van der Waals surface area contributed by atoms with Crippen LogP contribution in [0.3, 0.4) is 0 Å². The smallest absolute Gasteiger partial charge is 0.253 e.